The fourth-order valence-corrected chi connectivity index (χ4v) is 7.49. The van der Waals surface area contributed by atoms with Crippen LogP contribution in [0.3, 0.4) is 0 Å². The topological polar surface area (TPSA) is 49.8 Å². The molecule has 0 saturated carbocycles. The first kappa shape index (κ1) is 16.8. The lowest BCUT2D eigenvalue weighted by Gasteiger charge is -2.37. The van der Waals surface area contributed by atoms with Gasteiger partial charge >= 0.3 is 0 Å². The SMILES string of the molecule is CCN(CC)[P+](N)(c1c(C)nc2sccn12)N(CC)CC. The number of aromatic nitrogens is 2. The molecular weight excluding hydrogens is 301 g/mol. The van der Waals surface area contributed by atoms with E-state index in [1.807, 2.05) is 0 Å². The molecule has 0 spiro atoms. The molecule has 0 radical (unpaired) electrons. The molecule has 0 fully saturated rings. The van der Waals surface area contributed by atoms with Crippen molar-refractivity contribution in [2.24, 2.45) is 5.50 Å². The molecule has 0 saturated heterocycles. The van der Waals surface area contributed by atoms with Gasteiger partial charge in [-0.3, -0.25) is 4.40 Å². The molecule has 2 heterocycles. The van der Waals surface area contributed by atoms with Crippen molar-refractivity contribution in [1.29, 1.82) is 0 Å². The van der Waals surface area contributed by atoms with E-state index in [1.54, 1.807) is 11.3 Å². The van der Waals surface area contributed by atoms with E-state index in [1.165, 1.54) is 5.44 Å². The van der Waals surface area contributed by atoms with Gasteiger partial charge in [-0.1, -0.05) is 0 Å². The highest BCUT2D eigenvalue weighted by Crippen LogP contribution is 2.56. The molecule has 0 aliphatic carbocycles. The van der Waals surface area contributed by atoms with Gasteiger partial charge in [-0.05, 0) is 34.6 Å². The number of hydrogen-bond acceptors (Lipinski definition) is 5. The summed E-state index contributed by atoms with van der Waals surface area (Å²) in [5, 5.41) is 2.08. The van der Waals surface area contributed by atoms with Crippen LogP contribution in [0, 0.1) is 6.92 Å². The maximum absolute atomic E-state index is 7.13. The van der Waals surface area contributed by atoms with E-state index in [0.29, 0.717) is 0 Å². The molecule has 2 aromatic rings. The molecule has 0 unspecified atom stereocenters. The summed E-state index contributed by atoms with van der Waals surface area (Å²) in [5.41, 5.74) is 9.39. The molecular formula is C14H27N5PS+. The van der Waals surface area contributed by atoms with E-state index in [-0.39, 0.29) is 0 Å². The minimum atomic E-state index is -2.07. The van der Waals surface area contributed by atoms with Crippen LogP contribution >= 0.6 is 19.1 Å². The van der Waals surface area contributed by atoms with Crippen LogP contribution < -0.4 is 10.9 Å². The third-order valence-electron chi connectivity index (χ3n) is 4.04. The van der Waals surface area contributed by atoms with Gasteiger partial charge in [0.05, 0.1) is 0 Å². The van der Waals surface area contributed by atoms with E-state index in [0.717, 1.165) is 36.8 Å². The minimum Gasteiger partial charge on any atom is -0.257 e. The van der Waals surface area contributed by atoms with E-state index >= 15 is 0 Å². The highest BCUT2D eigenvalue weighted by Gasteiger charge is 2.51. The van der Waals surface area contributed by atoms with E-state index < -0.39 is 7.71 Å². The molecule has 0 amide bonds. The summed E-state index contributed by atoms with van der Waals surface area (Å²) in [6.45, 7) is 14.7. The summed E-state index contributed by atoms with van der Waals surface area (Å²) >= 11 is 1.67. The van der Waals surface area contributed by atoms with Gasteiger partial charge in [-0.15, -0.1) is 20.7 Å². The lowest BCUT2D eigenvalue weighted by molar-refractivity contribution is 0.412. The second-order valence-electron chi connectivity index (χ2n) is 5.00. The van der Waals surface area contributed by atoms with Crippen molar-refractivity contribution in [3.63, 3.8) is 0 Å². The molecule has 7 heteroatoms. The number of fused-ring (bicyclic) bond motifs is 1. The summed E-state index contributed by atoms with van der Waals surface area (Å²) in [7, 11) is -2.07. The smallest absolute Gasteiger partial charge is 0.257 e. The lowest BCUT2D eigenvalue weighted by Crippen LogP contribution is -2.47. The van der Waals surface area contributed by atoms with Gasteiger partial charge in [0, 0.05) is 37.8 Å². The standard InChI is InChI=1S/C14H27N5PS/c1-6-17(7-2)20(15,18(8-3)9-4)13-12(5)16-14-19(13)10-11-21-14/h10-11H,6-9,15H2,1-5H3/q+1. The number of rotatable bonds is 7. The van der Waals surface area contributed by atoms with Crippen LogP contribution in [0.25, 0.3) is 4.96 Å². The van der Waals surface area contributed by atoms with Gasteiger partial charge in [0.15, 0.2) is 4.96 Å². The molecule has 2 aromatic heterocycles. The monoisotopic (exact) mass is 328 g/mol. The van der Waals surface area contributed by atoms with Gasteiger partial charge in [0.2, 0.25) is 5.44 Å². The summed E-state index contributed by atoms with van der Waals surface area (Å²) in [6, 6.07) is 0. The molecule has 0 bridgehead atoms. The average molecular weight is 328 g/mol. The highest BCUT2D eigenvalue weighted by molar-refractivity contribution is 7.76. The number of nitrogens with zero attached hydrogens (tertiary/aromatic N) is 4. The van der Waals surface area contributed by atoms with Crippen LogP contribution in [-0.4, -0.2) is 44.9 Å². The predicted molar refractivity (Wildman–Crippen MR) is 94.4 cm³/mol. The normalized spacial score (nSPS) is 13.0. The van der Waals surface area contributed by atoms with Gasteiger partial charge in [0.25, 0.3) is 7.71 Å². The number of imidazole rings is 1. The van der Waals surface area contributed by atoms with Crippen molar-refractivity contribution in [1.82, 2.24) is 18.7 Å². The molecule has 21 heavy (non-hydrogen) atoms. The van der Waals surface area contributed by atoms with E-state index in [9.17, 15) is 0 Å². The first-order valence-corrected chi connectivity index (χ1v) is 10.3. The Kier molecular flexibility index (Phi) is 5.38. The molecule has 2 N–H and O–H groups in total. The van der Waals surface area contributed by atoms with Crippen molar-refractivity contribution in [2.75, 3.05) is 26.2 Å². The lowest BCUT2D eigenvalue weighted by atomic mass is 10.6. The quantitative estimate of drug-likeness (QED) is 0.794. The molecule has 0 aliphatic heterocycles. The minimum absolute atomic E-state index is 0.952. The van der Waals surface area contributed by atoms with Gasteiger partial charge < -0.3 is 0 Å². The van der Waals surface area contributed by atoms with Gasteiger partial charge in [-0.2, -0.15) is 5.50 Å². The first-order valence-electron chi connectivity index (χ1n) is 7.65. The van der Waals surface area contributed by atoms with Crippen LogP contribution in [0.2, 0.25) is 0 Å². The zero-order valence-electron chi connectivity index (χ0n) is 13.7. The fraction of sp³-hybridized carbons (Fsp3) is 0.643. The number of thiazole rings is 1. The van der Waals surface area contributed by atoms with Crippen LogP contribution in [0.4, 0.5) is 0 Å². The van der Waals surface area contributed by atoms with Crippen LogP contribution in [-0.2, 0) is 0 Å². The van der Waals surface area contributed by atoms with Crippen molar-refractivity contribution in [3.8, 4) is 0 Å². The number of nitrogens with two attached hydrogens (primary N) is 1. The third-order valence-corrected chi connectivity index (χ3v) is 8.81. The average Bonchev–Trinajstić information content (AvgIpc) is 3.00. The highest BCUT2D eigenvalue weighted by atomic mass is 32.1. The second kappa shape index (κ2) is 6.71. The number of hydrogen-bond donors (Lipinski definition) is 1. The van der Waals surface area contributed by atoms with Crippen molar-refractivity contribution in [3.05, 3.63) is 17.3 Å². The Bertz CT molecular complexity index is 573. The third kappa shape index (κ3) is 2.64. The van der Waals surface area contributed by atoms with Gasteiger partial charge in [-0.25, -0.2) is 4.98 Å². The summed E-state index contributed by atoms with van der Waals surface area (Å²) in [6.07, 6.45) is 2.10. The summed E-state index contributed by atoms with van der Waals surface area (Å²) in [5.74, 6) is 0. The Labute approximate surface area is 132 Å². The largest absolute Gasteiger partial charge is 0.277 e. The zero-order valence-corrected chi connectivity index (χ0v) is 15.4. The summed E-state index contributed by atoms with van der Waals surface area (Å²) in [4.78, 5) is 5.76. The summed E-state index contributed by atoms with van der Waals surface area (Å²) < 4.78 is 7.05. The van der Waals surface area contributed by atoms with Crippen molar-refractivity contribution >= 4 is 29.4 Å². The Balaban J connectivity index is 2.69. The molecule has 0 atom stereocenters. The van der Waals surface area contributed by atoms with Crippen molar-refractivity contribution < 1.29 is 0 Å². The van der Waals surface area contributed by atoms with E-state index in [2.05, 4.69) is 59.9 Å². The second-order valence-corrected chi connectivity index (χ2v) is 8.73. The predicted octanol–water partition coefficient (Wildman–Crippen LogP) is 2.73. The van der Waals surface area contributed by atoms with Crippen LogP contribution in [0.5, 0.6) is 0 Å². The molecule has 0 aromatic carbocycles. The van der Waals surface area contributed by atoms with Gasteiger partial charge in [0.1, 0.15) is 5.69 Å². The Hall–Kier alpha value is -0.520. The molecule has 5 nitrogen and oxygen atoms in total. The number of aryl methyl sites for hydroxylation is 1. The Morgan fingerprint density at radius 3 is 2.14 bits per heavy atom. The van der Waals surface area contributed by atoms with Crippen LogP contribution in [0.15, 0.2) is 11.6 Å². The Morgan fingerprint density at radius 1 is 1.14 bits per heavy atom. The van der Waals surface area contributed by atoms with Crippen molar-refractivity contribution in [2.45, 2.75) is 34.6 Å². The first-order chi connectivity index (χ1) is 10.0. The zero-order chi connectivity index (χ0) is 15.6. The molecule has 2 rings (SSSR count). The maximum atomic E-state index is 7.13. The molecule has 0 aliphatic rings. The maximum Gasteiger partial charge on any atom is 0.277 e. The Morgan fingerprint density at radius 2 is 1.67 bits per heavy atom. The van der Waals surface area contributed by atoms with E-state index in [4.69, 9.17) is 10.5 Å². The fourth-order valence-electron chi connectivity index (χ4n) is 3.04. The van der Waals surface area contributed by atoms with Crippen LogP contribution in [0.1, 0.15) is 33.4 Å². The molecule has 118 valence electrons.